The van der Waals surface area contributed by atoms with Crippen LogP contribution in [0.3, 0.4) is 0 Å². The molecule has 4 aliphatic rings. The van der Waals surface area contributed by atoms with Crippen LogP contribution in [0.1, 0.15) is 24.5 Å². The maximum Gasteiger partial charge on any atom is 0.414 e. The van der Waals surface area contributed by atoms with Crippen LogP contribution in [-0.4, -0.2) is 70.6 Å². The highest BCUT2D eigenvalue weighted by Gasteiger charge is 2.66. The number of fused-ring (bicyclic) bond motifs is 2. The Kier molecular flexibility index (Phi) is 6.82. The first-order valence-corrected chi connectivity index (χ1v) is 16.9. The molecule has 1 spiro atoms. The summed E-state index contributed by atoms with van der Waals surface area (Å²) < 4.78 is 32.7. The molecule has 0 radical (unpaired) electrons. The number of benzene rings is 2. The van der Waals surface area contributed by atoms with E-state index in [1.807, 2.05) is 31.2 Å². The molecule has 0 saturated carbocycles. The fourth-order valence-corrected chi connectivity index (χ4v) is 9.56. The lowest BCUT2D eigenvalue weighted by molar-refractivity contribution is -0.146. The molecule has 0 aliphatic carbocycles. The van der Waals surface area contributed by atoms with Gasteiger partial charge in [-0.1, -0.05) is 19.1 Å². The highest BCUT2D eigenvalue weighted by atomic mass is 28.4. The number of aliphatic hydroxyl groups is 1. The summed E-state index contributed by atoms with van der Waals surface area (Å²) in [5.41, 5.74) is 1.22. The summed E-state index contributed by atoms with van der Waals surface area (Å²) in [6.45, 7) is 6.50. The van der Waals surface area contributed by atoms with Crippen LogP contribution in [0, 0.1) is 5.92 Å². The van der Waals surface area contributed by atoms with Crippen molar-refractivity contribution in [2.45, 2.75) is 50.2 Å². The van der Waals surface area contributed by atoms with Gasteiger partial charge >= 0.3 is 12.2 Å². The van der Waals surface area contributed by atoms with Gasteiger partial charge in [0.15, 0.2) is 5.60 Å². The third kappa shape index (κ3) is 4.39. The zero-order chi connectivity index (χ0) is 29.1. The van der Waals surface area contributed by atoms with Gasteiger partial charge in [-0.3, -0.25) is 14.6 Å². The number of ether oxygens (including phenoxy) is 3. The van der Waals surface area contributed by atoms with Gasteiger partial charge in [0.25, 0.3) is 5.91 Å². The number of hydrogen-bond donors (Lipinski definition) is 1. The number of cyclic esters (lactones) is 2. The minimum absolute atomic E-state index is 0.190. The monoisotopic (exact) mass is 583 g/mol. The normalized spacial score (nSPS) is 27.7. The van der Waals surface area contributed by atoms with E-state index in [0.717, 1.165) is 5.56 Å². The van der Waals surface area contributed by atoms with Gasteiger partial charge in [-0.2, -0.15) is 0 Å². The number of hydrogen-bond acceptors (Lipinski definition) is 7. The molecule has 3 saturated heterocycles. The lowest BCUT2D eigenvalue weighted by Gasteiger charge is -2.31. The number of rotatable bonds is 7. The van der Waals surface area contributed by atoms with Crippen molar-refractivity contribution in [3.63, 3.8) is 0 Å². The van der Waals surface area contributed by atoms with Crippen molar-refractivity contribution in [2.24, 2.45) is 5.92 Å². The van der Waals surface area contributed by atoms with E-state index in [1.54, 1.807) is 41.1 Å². The SMILES string of the molecule is C[C@@H]1[C@@H]([Si](C)(C)F)[C@H](CCO)O[C@@]12C(=O)N(Cc1cccc(N3CCOC3=O)c1)c1ccc(N3CCOC3=O)cc12. The van der Waals surface area contributed by atoms with Gasteiger partial charge in [-0.05, 0) is 55.4 Å². The molecule has 2 aromatic rings. The Hall–Kier alpha value is -3.48. The van der Waals surface area contributed by atoms with Crippen molar-refractivity contribution in [1.29, 1.82) is 0 Å². The molecule has 4 heterocycles. The second-order valence-corrected chi connectivity index (χ2v) is 15.4. The van der Waals surface area contributed by atoms with Crippen LogP contribution in [0.5, 0.6) is 0 Å². The fourth-order valence-electron chi connectivity index (χ4n) is 7.02. The molecule has 4 atom stereocenters. The van der Waals surface area contributed by atoms with E-state index in [-0.39, 0.29) is 32.1 Å². The molecule has 218 valence electrons. The van der Waals surface area contributed by atoms with Crippen LogP contribution < -0.4 is 14.7 Å². The molecule has 3 amide bonds. The summed E-state index contributed by atoms with van der Waals surface area (Å²) in [5.74, 6) is -0.829. The van der Waals surface area contributed by atoms with Crippen LogP contribution in [0.2, 0.25) is 18.6 Å². The second-order valence-electron chi connectivity index (χ2n) is 11.6. The first-order valence-electron chi connectivity index (χ1n) is 14.0. The maximum atomic E-state index is 15.8. The summed E-state index contributed by atoms with van der Waals surface area (Å²) >= 11 is 0. The second kappa shape index (κ2) is 10.1. The highest BCUT2D eigenvalue weighted by molar-refractivity contribution is 6.72. The summed E-state index contributed by atoms with van der Waals surface area (Å²) in [6.07, 6.45) is -1.30. The maximum absolute atomic E-state index is 15.8. The van der Waals surface area contributed by atoms with Gasteiger partial charge in [-0.15, -0.1) is 0 Å². The summed E-state index contributed by atoms with van der Waals surface area (Å²) in [5, 5.41) is 9.81. The molecule has 0 bridgehead atoms. The molecule has 6 rings (SSSR count). The summed E-state index contributed by atoms with van der Waals surface area (Å²) in [7, 11) is -3.35. The van der Waals surface area contributed by atoms with Gasteiger partial charge < -0.3 is 28.3 Å². The van der Waals surface area contributed by atoms with E-state index in [0.29, 0.717) is 42.3 Å². The summed E-state index contributed by atoms with van der Waals surface area (Å²) in [6, 6.07) is 12.7. The van der Waals surface area contributed by atoms with Gasteiger partial charge in [0.05, 0.1) is 31.4 Å². The lowest BCUT2D eigenvalue weighted by Crippen LogP contribution is -2.45. The van der Waals surface area contributed by atoms with Crippen molar-refractivity contribution in [2.75, 3.05) is 47.6 Å². The number of carbonyl (C=O) groups is 3. The largest absolute Gasteiger partial charge is 0.447 e. The Morgan fingerprint density at radius 3 is 2.24 bits per heavy atom. The number of aliphatic hydroxyl groups excluding tert-OH is 1. The first-order chi connectivity index (χ1) is 19.6. The molecule has 3 fully saturated rings. The van der Waals surface area contributed by atoms with E-state index in [2.05, 4.69) is 0 Å². The predicted molar refractivity (Wildman–Crippen MR) is 151 cm³/mol. The van der Waals surface area contributed by atoms with Gasteiger partial charge in [-0.25, -0.2) is 9.59 Å². The standard InChI is InChI=1S/C29H34FN3O7Si/c1-18-25(41(2,3)30)24(9-12-34)40-29(18)22-16-21(32-11-14-39-28(32)37)7-8-23(22)33(26(29)35)17-19-5-4-6-20(15-19)31-10-13-38-27(31)36/h4-8,15-16,18,24-25,34H,9-14,17H2,1-3H3/t18-,24+,25-,29+/m1/s1. The van der Waals surface area contributed by atoms with E-state index in [1.165, 1.54) is 4.90 Å². The number of nitrogens with zero attached hydrogens (tertiary/aromatic N) is 3. The van der Waals surface area contributed by atoms with E-state index in [9.17, 15) is 19.5 Å². The molecule has 0 aromatic heterocycles. The van der Waals surface area contributed by atoms with Crippen molar-refractivity contribution in [3.05, 3.63) is 53.6 Å². The molecule has 12 heteroatoms. The Morgan fingerprint density at radius 2 is 1.66 bits per heavy atom. The topological polar surface area (TPSA) is 109 Å². The average Bonchev–Trinajstić information content (AvgIpc) is 3.67. The van der Waals surface area contributed by atoms with Gasteiger partial charge in [0.2, 0.25) is 8.41 Å². The van der Waals surface area contributed by atoms with Crippen LogP contribution >= 0.6 is 0 Å². The van der Waals surface area contributed by atoms with E-state index < -0.39 is 43.8 Å². The summed E-state index contributed by atoms with van der Waals surface area (Å²) in [4.78, 5) is 43.8. The highest BCUT2D eigenvalue weighted by Crippen LogP contribution is 2.60. The van der Waals surface area contributed by atoms with Crippen LogP contribution in [0.25, 0.3) is 0 Å². The predicted octanol–water partition coefficient (Wildman–Crippen LogP) is 4.30. The number of halogens is 1. The lowest BCUT2D eigenvalue weighted by atomic mass is 9.82. The molecule has 4 aliphatic heterocycles. The zero-order valence-electron chi connectivity index (χ0n) is 23.3. The number of amides is 3. The third-order valence-electron chi connectivity index (χ3n) is 8.75. The molecular formula is C29H34FN3O7Si. The number of anilines is 3. The van der Waals surface area contributed by atoms with E-state index in [4.69, 9.17) is 14.2 Å². The minimum Gasteiger partial charge on any atom is -0.447 e. The Labute approximate surface area is 238 Å². The molecule has 1 N–H and O–H groups in total. The van der Waals surface area contributed by atoms with Crippen molar-refractivity contribution < 1.29 is 37.8 Å². The number of carbonyl (C=O) groups excluding carboxylic acids is 3. The Balaban J connectivity index is 1.43. The average molecular weight is 584 g/mol. The minimum atomic E-state index is -3.35. The van der Waals surface area contributed by atoms with Gasteiger partial charge in [0.1, 0.15) is 13.2 Å². The first kappa shape index (κ1) is 27.7. The molecule has 41 heavy (non-hydrogen) atoms. The van der Waals surface area contributed by atoms with E-state index >= 15 is 4.11 Å². The Bertz CT molecular complexity index is 1400. The Morgan fingerprint density at radius 1 is 1.00 bits per heavy atom. The van der Waals surface area contributed by atoms with Crippen LogP contribution in [-0.2, 0) is 31.2 Å². The van der Waals surface area contributed by atoms with Crippen LogP contribution in [0.4, 0.5) is 30.8 Å². The van der Waals surface area contributed by atoms with Gasteiger partial charge in [0, 0.05) is 35.0 Å². The van der Waals surface area contributed by atoms with Crippen molar-refractivity contribution >= 4 is 43.6 Å². The quantitative estimate of drug-likeness (QED) is 0.382. The van der Waals surface area contributed by atoms with Crippen LogP contribution in [0.15, 0.2) is 42.5 Å². The third-order valence-corrected chi connectivity index (χ3v) is 11.2. The van der Waals surface area contributed by atoms with Crippen molar-refractivity contribution in [3.8, 4) is 0 Å². The molecular weight excluding hydrogens is 549 g/mol. The molecule has 0 unspecified atom stereocenters. The van der Waals surface area contributed by atoms with Crippen molar-refractivity contribution in [1.82, 2.24) is 0 Å². The zero-order valence-corrected chi connectivity index (χ0v) is 24.3. The smallest absolute Gasteiger partial charge is 0.414 e. The fraction of sp³-hybridized carbons (Fsp3) is 0.483. The molecule has 10 nitrogen and oxygen atoms in total. The molecule has 2 aromatic carbocycles.